The molecular weight excluding hydrogens is 356 g/mol. The fourth-order valence-electron chi connectivity index (χ4n) is 3.95. The second-order valence-corrected chi connectivity index (χ2v) is 7.52. The molecule has 6 heteroatoms. The van der Waals surface area contributed by atoms with Gasteiger partial charge in [0.1, 0.15) is 16.9 Å². The molecule has 3 atom stereocenters. The molecule has 4 rings (SSSR count). The Morgan fingerprint density at radius 1 is 1.14 bits per heavy atom. The number of hydrogen-bond acceptors (Lipinski definition) is 5. The minimum atomic E-state index is -0.273. The van der Waals surface area contributed by atoms with Crippen molar-refractivity contribution in [2.75, 3.05) is 25.5 Å². The SMILES string of the molecule is COc1cc2c(cc1NC(=O)[C@H](C)N1C[C@H](C)O[C@@H](C)C1)oc1ccccc12. The second-order valence-electron chi connectivity index (χ2n) is 7.52. The molecule has 28 heavy (non-hydrogen) atoms. The van der Waals surface area contributed by atoms with E-state index in [2.05, 4.69) is 10.2 Å². The zero-order valence-electron chi connectivity index (χ0n) is 16.7. The van der Waals surface area contributed by atoms with Crippen LogP contribution in [0.25, 0.3) is 21.9 Å². The van der Waals surface area contributed by atoms with Gasteiger partial charge >= 0.3 is 0 Å². The second kappa shape index (κ2) is 7.45. The number of nitrogens with zero attached hydrogens (tertiary/aromatic N) is 1. The van der Waals surface area contributed by atoms with Gasteiger partial charge < -0.3 is 19.2 Å². The molecule has 0 radical (unpaired) electrons. The number of furan rings is 1. The number of para-hydroxylation sites is 1. The van der Waals surface area contributed by atoms with E-state index in [9.17, 15) is 4.79 Å². The first-order chi connectivity index (χ1) is 13.5. The molecular formula is C22H26N2O4. The third-order valence-corrected chi connectivity index (χ3v) is 5.33. The fourth-order valence-corrected chi connectivity index (χ4v) is 3.95. The van der Waals surface area contributed by atoms with Gasteiger partial charge in [-0.3, -0.25) is 9.69 Å². The molecule has 148 valence electrons. The highest BCUT2D eigenvalue weighted by Gasteiger charge is 2.29. The molecule has 0 bridgehead atoms. The summed E-state index contributed by atoms with van der Waals surface area (Å²) in [6.07, 6.45) is 0.223. The minimum absolute atomic E-state index is 0.0740. The number of carbonyl (C=O) groups is 1. The van der Waals surface area contributed by atoms with E-state index >= 15 is 0 Å². The summed E-state index contributed by atoms with van der Waals surface area (Å²) >= 11 is 0. The average Bonchev–Trinajstić information content (AvgIpc) is 3.03. The molecule has 1 aliphatic rings. The number of nitrogens with one attached hydrogen (secondary N) is 1. The van der Waals surface area contributed by atoms with Crippen molar-refractivity contribution in [3.05, 3.63) is 36.4 Å². The van der Waals surface area contributed by atoms with Gasteiger partial charge in [0.25, 0.3) is 0 Å². The van der Waals surface area contributed by atoms with Crippen molar-refractivity contribution in [2.45, 2.75) is 39.0 Å². The molecule has 1 aromatic heterocycles. The lowest BCUT2D eigenvalue weighted by Crippen LogP contribution is -2.52. The summed E-state index contributed by atoms with van der Waals surface area (Å²) in [5.74, 6) is 0.540. The minimum Gasteiger partial charge on any atom is -0.495 e. The number of anilines is 1. The van der Waals surface area contributed by atoms with Crippen LogP contribution in [0.4, 0.5) is 5.69 Å². The maximum Gasteiger partial charge on any atom is 0.241 e. The molecule has 1 saturated heterocycles. The first-order valence-electron chi connectivity index (χ1n) is 9.66. The number of morpholine rings is 1. The summed E-state index contributed by atoms with van der Waals surface area (Å²) in [5.41, 5.74) is 2.14. The van der Waals surface area contributed by atoms with Crippen molar-refractivity contribution in [3.8, 4) is 5.75 Å². The van der Waals surface area contributed by atoms with Gasteiger partial charge in [-0.2, -0.15) is 0 Å². The summed E-state index contributed by atoms with van der Waals surface area (Å²) in [4.78, 5) is 15.1. The van der Waals surface area contributed by atoms with Gasteiger partial charge in [-0.15, -0.1) is 0 Å². The first kappa shape index (κ1) is 18.8. The number of amides is 1. The highest BCUT2D eigenvalue weighted by molar-refractivity contribution is 6.08. The van der Waals surface area contributed by atoms with Crippen molar-refractivity contribution in [2.24, 2.45) is 0 Å². The molecule has 0 unspecified atom stereocenters. The summed E-state index contributed by atoms with van der Waals surface area (Å²) in [5, 5.41) is 5.01. The Balaban J connectivity index is 1.61. The normalized spacial score (nSPS) is 21.7. The predicted molar refractivity (Wildman–Crippen MR) is 110 cm³/mol. The van der Waals surface area contributed by atoms with Crippen LogP contribution in [0.3, 0.4) is 0 Å². The van der Waals surface area contributed by atoms with E-state index in [4.69, 9.17) is 13.9 Å². The van der Waals surface area contributed by atoms with Gasteiger partial charge in [-0.05, 0) is 32.9 Å². The molecule has 6 nitrogen and oxygen atoms in total. The third-order valence-electron chi connectivity index (χ3n) is 5.33. The van der Waals surface area contributed by atoms with Crippen LogP contribution >= 0.6 is 0 Å². The summed E-state index contributed by atoms with van der Waals surface area (Å²) in [7, 11) is 1.61. The maximum absolute atomic E-state index is 12.9. The summed E-state index contributed by atoms with van der Waals surface area (Å²) < 4.78 is 17.3. The topological polar surface area (TPSA) is 63.9 Å². The van der Waals surface area contributed by atoms with Gasteiger partial charge in [0.05, 0.1) is 31.0 Å². The first-order valence-corrected chi connectivity index (χ1v) is 9.66. The van der Waals surface area contributed by atoms with Gasteiger partial charge in [0.15, 0.2) is 0 Å². The van der Waals surface area contributed by atoms with Crippen LogP contribution in [-0.4, -0.2) is 49.3 Å². The van der Waals surface area contributed by atoms with E-state index in [-0.39, 0.29) is 24.2 Å². The Bertz CT molecular complexity index is 1000. The Hall–Kier alpha value is -2.57. The maximum atomic E-state index is 12.9. The number of methoxy groups -OCH3 is 1. The molecule has 1 fully saturated rings. The number of hydrogen-bond donors (Lipinski definition) is 1. The van der Waals surface area contributed by atoms with Crippen LogP contribution < -0.4 is 10.1 Å². The lowest BCUT2D eigenvalue weighted by Gasteiger charge is -2.38. The van der Waals surface area contributed by atoms with Crippen molar-refractivity contribution in [3.63, 3.8) is 0 Å². The smallest absolute Gasteiger partial charge is 0.241 e. The van der Waals surface area contributed by atoms with Gasteiger partial charge in [-0.1, -0.05) is 18.2 Å². The largest absolute Gasteiger partial charge is 0.495 e. The molecule has 1 aliphatic heterocycles. The Kier molecular flexibility index (Phi) is 5.00. The van der Waals surface area contributed by atoms with E-state index in [0.29, 0.717) is 11.4 Å². The quantitative estimate of drug-likeness (QED) is 0.738. The third kappa shape index (κ3) is 3.45. The van der Waals surface area contributed by atoms with Gasteiger partial charge in [0, 0.05) is 29.9 Å². The number of carbonyl (C=O) groups excluding carboxylic acids is 1. The lowest BCUT2D eigenvalue weighted by molar-refractivity contribution is -0.126. The Labute approximate surface area is 164 Å². The summed E-state index contributed by atoms with van der Waals surface area (Å²) in [6.45, 7) is 7.46. The molecule has 0 aliphatic carbocycles. The molecule has 0 spiro atoms. The van der Waals surface area contributed by atoms with Gasteiger partial charge in [0.2, 0.25) is 5.91 Å². The molecule has 1 N–H and O–H groups in total. The number of rotatable bonds is 4. The predicted octanol–water partition coefficient (Wildman–Crippen LogP) is 4.03. The molecule has 0 saturated carbocycles. The van der Waals surface area contributed by atoms with Gasteiger partial charge in [-0.25, -0.2) is 0 Å². The van der Waals surface area contributed by atoms with Crippen LogP contribution in [0.2, 0.25) is 0 Å². The van der Waals surface area contributed by atoms with E-state index in [1.165, 1.54) is 0 Å². The molecule has 2 aromatic carbocycles. The van der Waals surface area contributed by atoms with Crippen molar-refractivity contribution in [1.82, 2.24) is 4.90 Å². The van der Waals surface area contributed by atoms with Crippen LogP contribution in [-0.2, 0) is 9.53 Å². The Morgan fingerprint density at radius 3 is 2.57 bits per heavy atom. The highest BCUT2D eigenvalue weighted by atomic mass is 16.5. The van der Waals surface area contributed by atoms with Crippen LogP contribution in [0, 0.1) is 0 Å². The van der Waals surface area contributed by atoms with Crippen molar-refractivity contribution in [1.29, 1.82) is 0 Å². The van der Waals surface area contributed by atoms with Crippen LogP contribution in [0.15, 0.2) is 40.8 Å². The van der Waals surface area contributed by atoms with E-state index in [0.717, 1.165) is 35.0 Å². The summed E-state index contributed by atoms with van der Waals surface area (Å²) in [6, 6.07) is 11.3. The fraction of sp³-hybridized carbons (Fsp3) is 0.409. The molecule has 2 heterocycles. The molecule has 3 aromatic rings. The zero-order valence-corrected chi connectivity index (χ0v) is 16.7. The molecule has 1 amide bonds. The number of benzene rings is 2. The van der Waals surface area contributed by atoms with Crippen LogP contribution in [0.1, 0.15) is 20.8 Å². The van der Waals surface area contributed by atoms with E-state index in [1.54, 1.807) is 7.11 Å². The van der Waals surface area contributed by atoms with E-state index < -0.39 is 0 Å². The zero-order chi connectivity index (χ0) is 19.8. The van der Waals surface area contributed by atoms with Crippen molar-refractivity contribution >= 4 is 33.5 Å². The van der Waals surface area contributed by atoms with Crippen molar-refractivity contribution < 1.29 is 18.7 Å². The standard InChI is InChI=1S/C22H26N2O4/c1-13-11-24(12-14(2)27-13)15(3)22(25)23-18-10-20-17(9-21(18)26-4)16-7-5-6-8-19(16)28-20/h5-10,13-15H,11-12H2,1-4H3,(H,23,25)/t13-,14-,15-/m0/s1. The number of ether oxygens (including phenoxy) is 2. The lowest BCUT2D eigenvalue weighted by atomic mass is 10.1. The number of fused-ring (bicyclic) bond motifs is 3. The van der Waals surface area contributed by atoms with E-state index in [1.807, 2.05) is 57.2 Å². The monoisotopic (exact) mass is 382 g/mol. The highest BCUT2D eigenvalue weighted by Crippen LogP contribution is 2.36. The average molecular weight is 382 g/mol. The van der Waals surface area contributed by atoms with Crippen LogP contribution in [0.5, 0.6) is 5.75 Å². The Morgan fingerprint density at radius 2 is 1.86 bits per heavy atom.